The summed E-state index contributed by atoms with van der Waals surface area (Å²) in [4.78, 5) is 13.9. The zero-order chi connectivity index (χ0) is 14.2. The molecule has 4 heteroatoms. The average Bonchev–Trinajstić information content (AvgIpc) is 3.23. The van der Waals surface area contributed by atoms with Crippen LogP contribution < -0.4 is 5.73 Å². The SMILES string of the molecule is CN(CCc1cccc2ccccc12)C(=O)C1(N)CC1.Cl. The van der Waals surface area contributed by atoms with Gasteiger partial charge in [0.15, 0.2) is 0 Å². The number of halogens is 1. The minimum absolute atomic E-state index is 0. The lowest BCUT2D eigenvalue weighted by Gasteiger charge is -2.21. The van der Waals surface area contributed by atoms with Crippen LogP contribution in [0.1, 0.15) is 18.4 Å². The summed E-state index contributed by atoms with van der Waals surface area (Å²) in [6.45, 7) is 0.714. The van der Waals surface area contributed by atoms with Gasteiger partial charge in [0.05, 0.1) is 5.54 Å². The first kappa shape index (κ1) is 15.8. The highest BCUT2D eigenvalue weighted by Gasteiger charge is 2.47. The van der Waals surface area contributed by atoms with Crippen LogP contribution in [0.3, 0.4) is 0 Å². The van der Waals surface area contributed by atoms with Crippen molar-refractivity contribution in [3.05, 3.63) is 48.0 Å². The maximum Gasteiger partial charge on any atom is 0.242 e. The van der Waals surface area contributed by atoms with E-state index < -0.39 is 5.54 Å². The molecule has 1 saturated carbocycles. The van der Waals surface area contributed by atoms with Crippen LogP contribution >= 0.6 is 12.4 Å². The third-order valence-corrected chi connectivity index (χ3v) is 4.16. The molecule has 0 heterocycles. The first-order chi connectivity index (χ1) is 9.60. The molecule has 1 aliphatic rings. The Balaban J connectivity index is 0.00000161. The Bertz CT molecular complexity index is 647. The molecule has 1 fully saturated rings. The number of nitrogens with zero attached hydrogens (tertiary/aromatic N) is 1. The fourth-order valence-electron chi connectivity index (χ4n) is 2.63. The molecule has 0 saturated heterocycles. The molecule has 2 aromatic carbocycles. The van der Waals surface area contributed by atoms with Crippen LogP contribution in [0.2, 0.25) is 0 Å². The maximum atomic E-state index is 12.1. The quantitative estimate of drug-likeness (QED) is 0.944. The number of rotatable bonds is 4. The number of hydrogen-bond donors (Lipinski definition) is 1. The number of amides is 1. The summed E-state index contributed by atoms with van der Waals surface area (Å²) in [6.07, 6.45) is 2.51. The van der Waals surface area contributed by atoms with E-state index in [1.165, 1.54) is 16.3 Å². The minimum atomic E-state index is -0.562. The van der Waals surface area contributed by atoms with Gasteiger partial charge in [-0.15, -0.1) is 12.4 Å². The minimum Gasteiger partial charge on any atom is -0.344 e. The van der Waals surface area contributed by atoms with E-state index in [4.69, 9.17) is 5.73 Å². The molecule has 0 unspecified atom stereocenters. The van der Waals surface area contributed by atoms with Gasteiger partial charge < -0.3 is 10.6 Å². The Morgan fingerprint density at radius 2 is 1.86 bits per heavy atom. The highest BCUT2D eigenvalue weighted by Crippen LogP contribution is 2.33. The molecule has 0 radical (unpaired) electrons. The topological polar surface area (TPSA) is 46.3 Å². The van der Waals surface area contributed by atoms with E-state index in [-0.39, 0.29) is 18.3 Å². The van der Waals surface area contributed by atoms with Gasteiger partial charge >= 0.3 is 0 Å². The second-order valence-corrected chi connectivity index (χ2v) is 5.77. The Kier molecular flexibility index (Phi) is 4.55. The van der Waals surface area contributed by atoms with E-state index in [0.717, 1.165) is 19.3 Å². The highest BCUT2D eigenvalue weighted by atomic mass is 35.5. The Morgan fingerprint density at radius 1 is 1.19 bits per heavy atom. The number of nitrogens with two attached hydrogens (primary N) is 1. The molecule has 112 valence electrons. The van der Waals surface area contributed by atoms with Gasteiger partial charge in [-0.25, -0.2) is 0 Å². The van der Waals surface area contributed by atoms with Crippen LogP contribution in [0.4, 0.5) is 0 Å². The normalized spacial score (nSPS) is 15.3. The number of likely N-dealkylation sites (N-methyl/N-ethyl adjacent to an activating group) is 1. The maximum absolute atomic E-state index is 12.1. The van der Waals surface area contributed by atoms with Crippen LogP contribution in [0, 0.1) is 0 Å². The molecule has 21 heavy (non-hydrogen) atoms. The van der Waals surface area contributed by atoms with Gasteiger partial charge in [-0.3, -0.25) is 4.79 Å². The third kappa shape index (κ3) is 3.20. The lowest BCUT2D eigenvalue weighted by atomic mass is 10.0. The number of fused-ring (bicyclic) bond motifs is 1. The van der Waals surface area contributed by atoms with Gasteiger partial charge in [-0.1, -0.05) is 42.5 Å². The summed E-state index contributed by atoms with van der Waals surface area (Å²) in [6, 6.07) is 14.7. The van der Waals surface area contributed by atoms with Crippen molar-refractivity contribution in [1.29, 1.82) is 0 Å². The van der Waals surface area contributed by atoms with Crippen LogP contribution in [-0.4, -0.2) is 29.9 Å². The molecule has 0 aromatic heterocycles. The Morgan fingerprint density at radius 3 is 2.57 bits per heavy atom. The van der Waals surface area contributed by atoms with Crippen molar-refractivity contribution in [2.45, 2.75) is 24.8 Å². The van der Waals surface area contributed by atoms with Crippen LogP contribution in [-0.2, 0) is 11.2 Å². The molecule has 1 amide bonds. The van der Waals surface area contributed by atoms with Crippen molar-refractivity contribution in [1.82, 2.24) is 4.90 Å². The Hall–Kier alpha value is -1.58. The van der Waals surface area contributed by atoms with Crippen molar-refractivity contribution in [2.24, 2.45) is 5.73 Å². The first-order valence-electron chi connectivity index (χ1n) is 7.11. The summed E-state index contributed by atoms with van der Waals surface area (Å²) >= 11 is 0. The summed E-state index contributed by atoms with van der Waals surface area (Å²) in [5.74, 6) is 0.0812. The zero-order valence-corrected chi connectivity index (χ0v) is 13.0. The van der Waals surface area contributed by atoms with E-state index in [1.807, 2.05) is 13.1 Å². The van der Waals surface area contributed by atoms with Crippen molar-refractivity contribution < 1.29 is 4.79 Å². The van der Waals surface area contributed by atoms with E-state index in [1.54, 1.807) is 4.90 Å². The van der Waals surface area contributed by atoms with Gasteiger partial charge in [0.2, 0.25) is 5.91 Å². The predicted molar refractivity (Wildman–Crippen MR) is 88.7 cm³/mol. The molecule has 0 spiro atoms. The summed E-state index contributed by atoms with van der Waals surface area (Å²) < 4.78 is 0. The molecule has 0 bridgehead atoms. The van der Waals surface area contributed by atoms with Gasteiger partial charge in [-0.2, -0.15) is 0 Å². The predicted octanol–water partition coefficient (Wildman–Crippen LogP) is 2.75. The number of carbonyl (C=O) groups excluding carboxylic acids is 1. The van der Waals surface area contributed by atoms with Crippen LogP contribution in [0.15, 0.2) is 42.5 Å². The summed E-state index contributed by atoms with van der Waals surface area (Å²) in [5.41, 5.74) is 6.68. The zero-order valence-electron chi connectivity index (χ0n) is 12.2. The third-order valence-electron chi connectivity index (χ3n) is 4.16. The van der Waals surface area contributed by atoms with Crippen molar-refractivity contribution >= 4 is 29.1 Å². The second kappa shape index (κ2) is 6.04. The summed E-state index contributed by atoms with van der Waals surface area (Å²) in [7, 11) is 1.85. The molecule has 0 atom stereocenters. The fraction of sp³-hybridized carbons (Fsp3) is 0.353. The highest BCUT2D eigenvalue weighted by molar-refractivity contribution is 5.89. The second-order valence-electron chi connectivity index (χ2n) is 5.77. The van der Waals surface area contributed by atoms with E-state index in [0.29, 0.717) is 6.54 Å². The smallest absolute Gasteiger partial charge is 0.242 e. The monoisotopic (exact) mass is 304 g/mol. The molecule has 2 N–H and O–H groups in total. The molecule has 1 aliphatic carbocycles. The lowest BCUT2D eigenvalue weighted by molar-refractivity contribution is -0.132. The largest absolute Gasteiger partial charge is 0.344 e. The summed E-state index contributed by atoms with van der Waals surface area (Å²) in [5, 5.41) is 2.52. The number of carbonyl (C=O) groups is 1. The molecule has 0 aliphatic heterocycles. The van der Waals surface area contributed by atoms with Crippen molar-refractivity contribution in [3.8, 4) is 0 Å². The number of hydrogen-bond acceptors (Lipinski definition) is 2. The average molecular weight is 305 g/mol. The van der Waals surface area contributed by atoms with Crippen LogP contribution in [0.5, 0.6) is 0 Å². The van der Waals surface area contributed by atoms with Gasteiger partial charge in [0, 0.05) is 13.6 Å². The van der Waals surface area contributed by atoms with Crippen molar-refractivity contribution in [2.75, 3.05) is 13.6 Å². The van der Waals surface area contributed by atoms with Gasteiger partial charge in [0.25, 0.3) is 0 Å². The standard InChI is InChI=1S/C17H20N2O.ClH/c1-19(16(20)17(18)10-11-17)12-9-14-7-4-6-13-5-2-3-8-15(13)14;/h2-8H,9-12,18H2,1H3;1H. The van der Waals surface area contributed by atoms with Gasteiger partial charge in [-0.05, 0) is 35.6 Å². The van der Waals surface area contributed by atoms with E-state index in [2.05, 4.69) is 36.4 Å². The Labute approximate surface area is 131 Å². The first-order valence-corrected chi connectivity index (χ1v) is 7.11. The van der Waals surface area contributed by atoms with E-state index in [9.17, 15) is 4.79 Å². The molecular formula is C17H21ClN2O. The molecule has 3 nitrogen and oxygen atoms in total. The molecule has 2 aromatic rings. The van der Waals surface area contributed by atoms with Crippen molar-refractivity contribution in [3.63, 3.8) is 0 Å². The van der Waals surface area contributed by atoms with Gasteiger partial charge in [0.1, 0.15) is 0 Å². The fourth-order valence-corrected chi connectivity index (χ4v) is 2.63. The van der Waals surface area contributed by atoms with E-state index >= 15 is 0 Å². The lowest BCUT2D eigenvalue weighted by Crippen LogP contribution is -2.44. The molecular weight excluding hydrogens is 284 g/mol. The number of benzene rings is 2. The molecule has 3 rings (SSSR count). The van der Waals surface area contributed by atoms with Crippen LogP contribution in [0.25, 0.3) is 10.8 Å².